The van der Waals surface area contributed by atoms with Gasteiger partial charge in [0, 0.05) is 44.7 Å². The Balaban J connectivity index is 0.00000392. The first-order valence-electron chi connectivity index (χ1n) is 8.52. The van der Waals surface area contributed by atoms with E-state index in [-0.39, 0.29) is 35.4 Å². The Labute approximate surface area is 187 Å². The Kier molecular flexibility index (Phi) is 10.7. The fraction of sp³-hybridized carbons (Fsp3) is 0.438. The van der Waals surface area contributed by atoms with E-state index in [4.69, 9.17) is 11.6 Å². The van der Waals surface area contributed by atoms with Gasteiger partial charge in [0.25, 0.3) is 0 Å². The first kappa shape index (κ1) is 24.6. The average molecular weight is 542 g/mol. The minimum absolute atomic E-state index is 0. The summed E-state index contributed by atoms with van der Waals surface area (Å²) in [5.41, 5.74) is 0. The van der Waals surface area contributed by atoms with Crippen LogP contribution in [-0.4, -0.2) is 55.8 Å². The van der Waals surface area contributed by atoms with Crippen LogP contribution in [0.5, 0.6) is 0 Å². The van der Waals surface area contributed by atoms with Crippen molar-refractivity contribution in [2.45, 2.75) is 24.8 Å². The lowest BCUT2D eigenvalue weighted by Gasteiger charge is -2.13. The predicted octanol–water partition coefficient (Wildman–Crippen LogP) is 1.26. The summed E-state index contributed by atoms with van der Waals surface area (Å²) in [4.78, 5) is 4.25. The van der Waals surface area contributed by atoms with Crippen LogP contribution in [0.1, 0.15) is 12.7 Å². The number of nitrogens with zero attached hydrogens (tertiary/aromatic N) is 4. The number of hydrogen-bond donors (Lipinski definition) is 3. The second-order valence-electron chi connectivity index (χ2n) is 5.58. The molecule has 0 spiro atoms. The molecule has 0 atom stereocenters. The highest BCUT2D eigenvalue weighted by atomic mass is 127. The first-order chi connectivity index (χ1) is 13.0. The topological polar surface area (TPSA) is 113 Å². The van der Waals surface area contributed by atoms with E-state index in [1.54, 1.807) is 25.5 Å². The molecule has 0 saturated heterocycles. The molecule has 156 valence electrons. The van der Waals surface area contributed by atoms with Gasteiger partial charge >= 0.3 is 0 Å². The van der Waals surface area contributed by atoms with Crippen molar-refractivity contribution in [3.8, 4) is 0 Å². The molecular weight excluding hydrogens is 517 g/mol. The smallest absolute Gasteiger partial charge is 0.240 e. The van der Waals surface area contributed by atoms with Crippen LogP contribution in [-0.2, 0) is 23.0 Å². The van der Waals surface area contributed by atoms with Crippen LogP contribution in [0.4, 0.5) is 0 Å². The third kappa shape index (κ3) is 7.53. The molecule has 3 N–H and O–H groups in total. The molecule has 0 bridgehead atoms. The van der Waals surface area contributed by atoms with Crippen molar-refractivity contribution in [3.63, 3.8) is 0 Å². The summed E-state index contributed by atoms with van der Waals surface area (Å²) in [6.07, 6.45) is 2.51. The Morgan fingerprint density at radius 2 is 2.00 bits per heavy atom. The van der Waals surface area contributed by atoms with E-state index in [1.807, 2.05) is 11.5 Å². The predicted molar refractivity (Wildman–Crippen MR) is 121 cm³/mol. The molecule has 12 heteroatoms. The molecule has 1 aromatic carbocycles. The normalized spacial score (nSPS) is 11.8. The van der Waals surface area contributed by atoms with Crippen LogP contribution >= 0.6 is 35.6 Å². The summed E-state index contributed by atoms with van der Waals surface area (Å²) in [5.74, 6) is 1.51. The summed E-state index contributed by atoms with van der Waals surface area (Å²) in [6, 6.07) is 6.13. The minimum Gasteiger partial charge on any atom is -0.355 e. The fourth-order valence-electron chi connectivity index (χ4n) is 2.34. The van der Waals surface area contributed by atoms with Gasteiger partial charge < -0.3 is 15.2 Å². The zero-order chi connectivity index (χ0) is 19.7. The average Bonchev–Trinajstić information content (AvgIpc) is 3.11. The van der Waals surface area contributed by atoms with Crippen LogP contribution < -0.4 is 15.4 Å². The molecule has 0 saturated carbocycles. The van der Waals surface area contributed by atoms with Gasteiger partial charge in [-0.15, -0.1) is 34.2 Å². The second kappa shape index (κ2) is 12.2. The molecule has 1 aromatic heterocycles. The Morgan fingerprint density at radius 3 is 2.68 bits per heavy atom. The molecule has 9 nitrogen and oxygen atoms in total. The largest absolute Gasteiger partial charge is 0.355 e. The van der Waals surface area contributed by atoms with Crippen LogP contribution in [0.15, 0.2) is 40.5 Å². The van der Waals surface area contributed by atoms with Gasteiger partial charge in [-0.1, -0.05) is 24.6 Å². The van der Waals surface area contributed by atoms with Crippen molar-refractivity contribution in [2.24, 2.45) is 4.99 Å². The summed E-state index contributed by atoms with van der Waals surface area (Å²) < 4.78 is 28.9. The lowest BCUT2D eigenvalue weighted by atomic mass is 10.4. The molecule has 28 heavy (non-hydrogen) atoms. The molecule has 1 heterocycles. The van der Waals surface area contributed by atoms with Crippen molar-refractivity contribution in [3.05, 3.63) is 41.4 Å². The lowest BCUT2D eigenvalue weighted by molar-refractivity contribution is 0.580. The zero-order valence-electron chi connectivity index (χ0n) is 15.7. The Hall–Kier alpha value is -1.44. The van der Waals surface area contributed by atoms with Gasteiger partial charge in [0.15, 0.2) is 5.96 Å². The number of nitrogens with one attached hydrogen (secondary N) is 3. The first-order valence-corrected chi connectivity index (χ1v) is 10.4. The number of aryl methyl sites for hydroxylation is 1. The van der Waals surface area contributed by atoms with Gasteiger partial charge in [0.1, 0.15) is 12.2 Å². The van der Waals surface area contributed by atoms with Crippen molar-refractivity contribution < 1.29 is 8.42 Å². The summed E-state index contributed by atoms with van der Waals surface area (Å²) in [6.45, 7) is 3.96. The highest BCUT2D eigenvalue weighted by molar-refractivity contribution is 14.0. The van der Waals surface area contributed by atoms with Gasteiger partial charge in [0.2, 0.25) is 10.0 Å². The van der Waals surface area contributed by atoms with E-state index < -0.39 is 10.0 Å². The molecule has 0 amide bonds. The number of aromatic nitrogens is 3. The number of benzene rings is 1. The van der Waals surface area contributed by atoms with Gasteiger partial charge in [0.05, 0.1) is 4.90 Å². The van der Waals surface area contributed by atoms with Crippen molar-refractivity contribution in [1.29, 1.82) is 0 Å². The number of halogens is 2. The second-order valence-corrected chi connectivity index (χ2v) is 7.78. The number of guanidine groups is 1. The molecule has 0 unspecified atom stereocenters. The number of rotatable bonds is 9. The van der Waals surface area contributed by atoms with E-state index in [1.165, 1.54) is 12.1 Å². The van der Waals surface area contributed by atoms with E-state index >= 15 is 0 Å². The van der Waals surface area contributed by atoms with Crippen molar-refractivity contribution >= 4 is 51.6 Å². The Morgan fingerprint density at radius 1 is 1.25 bits per heavy atom. The highest BCUT2D eigenvalue weighted by Crippen LogP contribution is 2.14. The van der Waals surface area contributed by atoms with E-state index in [0.29, 0.717) is 30.6 Å². The summed E-state index contributed by atoms with van der Waals surface area (Å²) in [7, 11) is -1.94. The maximum absolute atomic E-state index is 12.2. The van der Waals surface area contributed by atoms with Crippen LogP contribution in [0.3, 0.4) is 0 Å². The van der Waals surface area contributed by atoms with Gasteiger partial charge in [-0.2, -0.15) is 0 Å². The Bertz CT molecular complexity index is 873. The maximum atomic E-state index is 12.2. The van der Waals surface area contributed by atoms with Gasteiger partial charge in [-0.25, -0.2) is 13.1 Å². The molecule has 0 aliphatic carbocycles. The number of hydrogen-bond acceptors (Lipinski definition) is 5. The molecule has 0 radical (unpaired) electrons. The molecule has 2 rings (SSSR count). The molecule has 2 aromatic rings. The SMILES string of the molecule is CCc1nncn1CCNC(=NC)NCCNS(=O)(=O)c1cccc(Cl)c1.I. The van der Waals surface area contributed by atoms with E-state index in [0.717, 1.165) is 12.2 Å². The van der Waals surface area contributed by atoms with Crippen LogP contribution in [0, 0.1) is 0 Å². The monoisotopic (exact) mass is 541 g/mol. The molecule has 0 aliphatic heterocycles. The highest BCUT2D eigenvalue weighted by Gasteiger charge is 2.13. The van der Waals surface area contributed by atoms with Gasteiger partial charge in [-0.05, 0) is 18.2 Å². The van der Waals surface area contributed by atoms with Crippen LogP contribution in [0.2, 0.25) is 5.02 Å². The zero-order valence-corrected chi connectivity index (χ0v) is 19.6. The fourth-order valence-corrected chi connectivity index (χ4v) is 3.67. The molecule has 0 aliphatic rings. The van der Waals surface area contributed by atoms with E-state index in [2.05, 4.69) is 30.5 Å². The quantitative estimate of drug-likeness (QED) is 0.191. The third-order valence-corrected chi connectivity index (χ3v) is 5.39. The number of aliphatic imine (C=N–C) groups is 1. The molecule has 0 fully saturated rings. The summed E-state index contributed by atoms with van der Waals surface area (Å²) in [5, 5.41) is 14.5. The minimum atomic E-state index is -3.59. The van der Waals surface area contributed by atoms with E-state index in [9.17, 15) is 8.42 Å². The maximum Gasteiger partial charge on any atom is 0.240 e. The van der Waals surface area contributed by atoms with Gasteiger partial charge in [-0.3, -0.25) is 4.99 Å². The number of sulfonamides is 1. The van der Waals surface area contributed by atoms with Crippen molar-refractivity contribution in [1.82, 2.24) is 30.1 Å². The molecular formula is C16H25ClIN7O2S. The van der Waals surface area contributed by atoms with Crippen LogP contribution in [0.25, 0.3) is 0 Å². The summed E-state index contributed by atoms with van der Waals surface area (Å²) >= 11 is 5.84. The van der Waals surface area contributed by atoms with Crippen molar-refractivity contribution in [2.75, 3.05) is 26.7 Å². The third-order valence-electron chi connectivity index (χ3n) is 3.70. The lowest BCUT2D eigenvalue weighted by Crippen LogP contribution is -2.42. The standard InChI is InChI=1S/C16H24ClN7O2S.HI/c1-3-15-23-21-12-24(15)10-9-20-16(18-2)19-7-8-22-27(25,26)14-6-4-5-13(17)11-14;/h4-6,11-12,22H,3,7-10H2,1-2H3,(H2,18,19,20);1H.